The molecule has 2 rings (SSSR count). The highest BCUT2D eigenvalue weighted by molar-refractivity contribution is 7.35. The quantitative estimate of drug-likeness (QED) is 0.558. The Balaban J connectivity index is 2.89. The van der Waals surface area contributed by atoms with Crippen molar-refractivity contribution in [3.63, 3.8) is 0 Å². The fourth-order valence-electron chi connectivity index (χ4n) is 0.904. The summed E-state index contributed by atoms with van der Waals surface area (Å²) >= 11 is 0. The molecule has 10 heavy (non-hydrogen) atoms. The van der Waals surface area contributed by atoms with E-state index in [0.29, 0.717) is 0 Å². The van der Waals surface area contributed by atoms with Crippen LogP contribution in [0.15, 0.2) is 36.3 Å². The number of fused-ring (bicyclic) bond motifs is 1. The van der Waals surface area contributed by atoms with Gasteiger partial charge >= 0.3 is 0 Å². The molecule has 0 amide bonds. The minimum atomic E-state index is 1.10. The van der Waals surface area contributed by atoms with E-state index >= 15 is 0 Å². The Hall–Kier alpha value is -0.940. The average Bonchev–Trinajstić information content (AvgIpc) is 2.05. The third-order valence-electron chi connectivity index (χ3n) is 1.37. The Labute approximate surface area is 60.8 Å². The van der Waals surface area contributed by atoms with Crippen molar-refractivity contribution in [1.29, 1.82) is 0 Å². The molecule has 48 valence electrons. The Morgan fingerprint density at radius 2 is 2.20 bits per heavy atom. The highest BCUT2D eigenvalue weighted by Gasteiger charge is 1.87. The Kier molecular flexibility index (Phi) is 1.37. The van der Waals surface area contributed by atoms with Crippen molar-refractivity contribution in [3.8, 4) is 0 Å². The van der Waals surface area contributed by atoms with Crippen molar-refractivity contribution in [2.75, 3.05) is 0 Å². The van der Waals surface area contributed by atoms with E-state index in [9.17, 15) is 0 Å². The standard InChI is InChI=1S/C8H6NP/c1-4-8-7(9-5-1)3-2-6-10-8/h1-6H. The lowest BCUT2D eigenvalue weighted by Crippen LogP contribution is -1.70. The highest BCUT2D eigenvalue weighted by Crippen LogP contribution is 2.18. The predicted octanol–water partition coefficient (Wildman–Crippen LogP) is 2.81. The van der Waals surface area contributed by atoms with Gasteiger partial charge in [-0.25, -0.2) is 0 Å². The Bertz CT molecular complexity index is 280. The number of nitrogens with zero attached hydrogens (tertiary/aromatic N) is 1. The molecular formula is C8H6NP. The van der Waals surface area contributed by atoms with Gasteiger partial charge in [0.15, 0.2) is 0 Å². The number of rotatable bonds is 0. The molecule has 0 saturated carbocycles. The van der Waals surface area contributed by atoms with E-state index in [4.69, 9.17) is 0 Å². The van der Waals surface area contributed by atoms with Gasteiger partial charge < -0.3 is 0 Å². The van der Waals surface area contributed by atoms with Crippen molar-refractivity contribution in [2.45, 2.75) is 0 Å². The summed E-state index contributed by atoms with van der Waals surface area (Å²) in [5.41, 5.74) is 1.10. The smallest absolute Gasteiger partial charge is 0.0747 e. The first-order valence-corrected chi connectivity index (χ1v) is 4.09. The van der Waals surface area contributed by atoms with Crippen molar-refractivity contribution < 1.29 is 0 Å². The summed E-state index contributed by atoms with van der Waals surface area (Å²) < 4.78 is 0. The van der Waals surface area contributed by atoms with E-state index in [1.54, 1.807) is 0 Å². The molecule has 2 aromatic rings. The van der Waals surface area contributed by atoms with E-state index in [-0.39, 0.29) is 0 Å². The number of hydrogen-bond donors (Lipinski definition) is 0. The second kappa shape index (κ2) is 2.36. The van der Waals surface area contributed by atoms with E-state index in [1.165, 1.54) is 13.3 Å². The molecule has 0 unspecified atom stereocenters. The fraction of sp³-hybridized carbons (Fsp3) is 0. The van der Waals surface area contributed by atoms with Crippen LogP contribution in [0.5, 0.6) is 0 Å². The molecule has 0 fully saturated rings. The van der Waals surface area contributed by atoms with E-state index in [0.717, 1.165) is 5.52 Å². The van der Waals surface area contributed by atoms with Crippen LogP contribution in [0.25, 0.3) is 10.6 Å². The number of hydrogen-bond acceptors (Lipinski definition) is 1. The molecule has 1 nitrogen and oxygen atoms in total. The van der Waals surface area contributed by atoms with Crippen LogP contribution in [0, 0.1) is 0 Å². The highest BCUT2D eigenvalue weighted by atomic mass is 31.0. The van der Waals surface area contributed by atoms with Crippen LogP contribution in [-0.4, -0.2) is 4.98 Å². The van der Waals surface area contributed by atoms with Crippen molar-refractivity contribution in [3.05, 3.63) is 36.3 Å². The summed E-state index contributed by atoms with van der Waals surface area (Å²) in [6.07, 6.45) is 1.82. The monoisotopic (exact) mass is 147 g/mol. The normalized spacial score (nSPS) is 10.8. The maximum Gasteiger partial charge on any atom is 0.0747 e. The van der Waals surface area contributed by atoms with Crippen molar-refractivity contribution in [2.24, 2.45) is 0 Å². The topological polar surface area (TPSA) is 12.9 Å². The van der Waals surface area contributed by atoms with Crippen LogP contribution < -0.4 is 0 Å². The molecule has 2 aromatic heterocycles. The molecule has 0 aliphatic heterocycles. The zero-order valence-corrected chi connectivity index (χ0v) is 6.25. The fourth-order valence-corrected chi connectivity index (χ4v) is 1.67. The second-order valence-electron chi connectivity index (χ2n) is 2.05. The molecule has 0 aliphatic rings. The summed E-state index contributed by atoms with van der Waals surface area (Å²) in [6, 6.07) is 8.14. The van der Waals surface area contributed by atoms with Gasteiger partial charge in [0.05, 0.1) is 5.52 Å². The van der Waals surface area contributed by atoms with Crippen molar-refractivity contribution >= 4 is 18.8 Å². The van der Waals surface area contributed by atoms with Gasteiger partial charge in [0.25, 0.3) is 0 Å². The third-order valence-corrected chi connectivity index (χ3v) is 2.35. The minimum Gasteiger partial charge on any atom is -0.256 e. The van der Waals surface area contributed by atoms with E-state index < -0.39 is 0 Å². The molecule has 0 radical (unpaired) electrons. The zero-order chi connectivity index (χ0) is 6.81. The van der Waals surface area contributed by atoms with Gasteiger partial charge in [-0.15, -0.1) is 0 Å². The minimum absolute atomic E-state index is 1.10. The summed E-state index contributed by atoms with van der Waals surface area (Å²) in [5.74, 6) is 2.12. The molecule has 0 saturated heterocycles. The lowest BCUT2D eigenvalue weighted by molar-refractivity contribution is 1.42. The molecule has 0 atom stereocenters. The van der Waals surface area contributed by atoms with Crippen LogP contribution in [0.2, 0.25) is 0 Å². The summed E-state index contributed by atoms with van der Waals surface area (Å²) in [6.45, 7) is 0. The van der Waals surface area contributed by atoms with Crippen LogP contribution >= 0.6 is 8.19 Å². The van der Waals surface area contributed by atoms with Crippen molar-refractivity contribution in [1.82, 2.24) is 4.98 Å². The lowest BCUT2D eigenvalue weighted by Gasteiger charge is -1.90. The van der Waals surface area contributed by atoms with E-state index in [1.807, 2.05) is 24.4 Å². The largest absolute Gasteiger partial charge is 0.256 e. The molecule has 0 bridgehead atoms. The zero-order valence-electron chi connectivity index (χ0n) is 5.36. The Morgan fingerprint density at radius 1 is 1.20 bits per heavy atom. The van der Waals surface area contributed by atoms with Crippen LogP contribution in [0.3, 0.4) is 0 Å². The maximum atomic E-state index is 4.21. The maximum absolute atomic E-state index is 4.21. The first kappa shape index (κ1) is 5.82. The van der Waals surface area contributed by atoms with Gasteiger partial charge in [0, 0.05) is 11.3 Å². The molecule has 0 spiro atoms. The average molecular weight is 147 g/mol. The van der Waals surface area contributed by atoms with Gasteiger partial charge in [-0.1, -0.05) is 14.3 Å². The van der Waals surface area contributed by atoms with Crippen LogP contribution in [0.4, 0.5) is 0 Å². The lowest BCUT2D eigenvalue weighted by atomic mass is 10.4. The van der Waals surface area contributed by atoms with Crippen LogP contribution in [-0.2, 0) is 0 Å². The third kappa shape index (κ3) is 0.891. The molecular weight excluding hydrogens is 141 g/mol. The second-order valence-corrected chi connectivity index (χ2v) is 3.08. The number of aromatic nitrogens is 1. The molecule has 2 heterocycles. The first-order chi connectivity index (χ1) is 4.97. The first-order valence-electron chi connectivity index (χ1n) is 3.12. The predicted molar refractivity (Wildman–Crippen MR) is 44.3 cm³/mol. The van der Waals surface area contributed by atoms with Crippen LogP contribution in [0.1, 0.15) is 0 Å². The SMILES string of the molecule is c1cpc2cccnc2c1. The molecule has 0 N–H and O–H groups in total. The molecule has 0 aliphatic carbocycles. The van der Waals surface area contributed by atoms with Gasteiger partial charge in [-0.05, 0) is 24.0 Å². The molecule has 2 heteroatoms. The Morgan fingerprint density at radius 3 is 3.10 bits per heavy atom. The van der Waals surface area contributed by atoms with Gasteiger partial charge in [-0.3, -0.25) is 4.98 Å². The summed E-state index contributed by atoms with van der Waals surface area (Å²) in [5, 5.41) is 1.30. The van der Waals surface area contributed by atoms with Gasteiger partial charge in [0.1, 0.15) is 0 Å². The number of pyridine rings is 1. The summed E-state index contributed by atoms with van der Waals surface area (Å²) in [4.78, 5) is 4.21. The van der Waals surface area contributed by atoms with E-state index in [2.05, 4.69) is 16.8 Å². The molecule has 0 aromatic carbocycles. The van der Waals surface area contributed by atoms with Gasteiger partial charge in [-0.2, -0.15) is 0 Å². The van der Waals surface area contributed by atoms with Gasteiger partial charge in [0.2, 0.25) is 0 Å². The summed E-state index contributed by atoms with van der Waals surface area (Å²) in [7, 11) is 1.26.